The van der Waals surface area contributed by atoms with Gasteiger partial charge in [-0.15, -0.1) is 0 Å². The van der Waals surface area contributed by atoms with Crippen LogP contribution >= 0.6 is 31.9 Å². The summed E-state index contributed by atoms with van der Waals surface area (Å²) in [5, 5.41) is 2.05. The lowest BCUT2D eigenvalue weighted by Crippen LogP contribution is -2.40. The van der Waals surface area contributed by atoms with Gasteiger partial charge in [0.25, 0.3) is 5.56 Å². The van der Waals surface area contributed by atoms with E-state index in [9.17, 15) is 9.59 Å². The Kier molecular flexibility index (Phi) is 10.9. The predicted octanol–water partition coefficient (Wildman–Crippen LogP) is 4.23. The number of halogens is 2. The van der Waals surface area contributed by atoms with E-state index in [2.05, 4.69) is 31.9 Å². The van der Waals surface area contributed by atoms with Gasteiger partial charge < -0.3 is 0 Å². The van der Waals surface area contributed by atoms with Crippen LogP contribution in [0, 0.1) is 6.92 Å². The summed E-state index contributed by atoms with van der Waals surface area (Å²) >= 11 is 6.85. The maximum Gasteiger partial charge on any atom is 0.331 e. The van der Waals surface area contributed by atoms with Crippen LogP contribution in [-0.2, 0) is 13.1 Å². The molecule has 0 fully saturated rings. The molecule has 0 aliphatic rings. The second-order valence-electron chi connectivity index (χ2n) is 5.92. The van der Waals surface area contributed by atoms with E-state index in [1.807, 2.05) is 6.92 Å². The van der Waals surface area contributed by atoms with E-state index in [4.69, 9.17) is 0 Å². The minimum absolute atomic E-state index is 0.143. The Bertz CT molecular complexity index is 567. The molecule has 1 aromatic heterocycles. The van der Waals surface area contributed by atoms with Gasteiger partial charge in [0.05, 0.1) is 0 Å². The van der Waals surface area contributed by atoms with Gasteiger partial charge in [-0.1, -0.05) is 57.5 Å². The average molecular weight is 452 g/mol. The van der Waals surface area contributed by atoms with E-state index in [0.717, 1.165) is 54.9 Å². The van der Waals surface area contributed by atoms with Gasteiger partial charge in [0.15, 0.2) is 0 Å². The highest BCUT2D eigenvalue weighted by Crippen LogP contribution is 2.05. The first-order valence-corrected chi connectivity index (χ1v) is 10.8. The minimum Gasteiger partial charge on any atom is -0.298 e. The van der Waals surface area contributed by atoms with E-state index < -0.39 is 0 Å². The van der Waals surface area contributed by atoms with Crippen molar-refractivity contribution in [3.63, 3.8) is 0 Å². The lowest BCUT2D eigenvalue weighted by Gasteiger charge is -2.13. The zero-order valence-electron chi connectivity index (χ0n) is 14.0. The maximum absolute atomic E-state index is 12.6. The molecule has 0 saturated carbocycles. The molecule has 1 heterocycles. The van der Waals surface area contributed by atoms with Crippen LogP contribution in [0.2, 0.25) is 0 Å². The van der Waals surface area contributed by atoms with Crippen LogP contribution in [0.3, 0.4) is 0 Å². The molecule has 0 aliphatic carbocycles. The van der Waals surface area contributed by atoms with Crippen molar-refractivity contribution in [1.29, 1.82) is 0 Å². The van der Waals surface area contributed by atoms with Gasteiger partial charge in [-0.2, -0.15) is 0 Å². The summed E-state index contributed by atoms with van der Waals surface area (Å²) in [7, 11) is 0. The Labute approximate surface area is 155 Å². The second-order valence-corrected chi connectivity index (χ2v) is 7.50. The van der Waals surface area contributed by atoms with Crippen molar-refractivity contribution in [2.45, 2.75) is 71.4 Å². The van der Waals surface area contributed by atoms with Crippen LogP contribution in [0.1, 0.15) is 57.1 Å². The van der Waals surface area contributed by atoms with E-state index in [-0.39, 0.29) is 11.2 Å². The van der Waals surface area contributed by atoms with Crippen LogP contribution in [0.4, 0.5) is 0 Å². The third-order valence-corrected chi connectivity index (χ3v) is 5.14. The molecule has 0 radical (unpaired) electrons. The fraction of sp³-hybridized carbons (Fsp3) is 0.765. The monoisotopic (exact) mass is 450 g/mol. The molecule has 0 unspecified atom stereocenters. The van der Waals surface area contributed by atoms with Gasteiger partial charge >= 0.3 is 5.69 Å². The van der Waals surface area contributed by atoms with Crippen molar-refractivity contribution >= 4 is 31.9 Å². The molecule has 0 N–H and O–H groups in total. The van der Waals surface area contributed by atoms with Crippen molar-refractivity contribution in [2.24, 2.45) is 0 Å². The molecule has 0 saturated heterocycles. The molecule has 0 atom stereocenters. The summed E-state index contributed by atoms with van der Waals surface area (Å²) in [4.78, 5) is 24.6. The number of nitrogens with zero attached hydrogens (tertiary/aromatic N) is 2. The van der Waals surface area contributed by atoms with Crippen LogP contribution < -0.4 is 11.2 Å². The van der Waals surface area contributed by atoms with Crippen LogP contribution in [0.15, 0.2) is 15.7 Å². The molecule has 0 aliphatic heterocycles. The maximum atomic E-state index is 12.6. The number of hydrogen-bond donors (Lipinski definition) is 0. The van der Waals surface area contributed by atoms with E-state index >= 15 is 0 Å². The smallest absolute Gasteiger partial charge is 0.298 e. The number of hydrogen-bond acceptors (Lipinski definition) is 2. The van der Waals surface area contributed by atoms with Crippen molar-refractivity contribution < 1.29 is 0 Å². The number of unbranched alkanes of at least 4 members (excludes halogenated alkanes) is 6. The zero-order chi connectivity index (χ0) is 17.1. The Morgan fingerprint density at radius 1 is 0.783 bits per heavy atom. The lowest BCUT2D eigenvalue weighted by atomic mass is 10.2. The van der Waals surface area contributed by atoms with Crippen LogP contribution in [-0.4, -0.2) is 19.8 Å². The number of aryl methyl sites for hydroxylation is 1. The largest absolute Gasteiger partial charge is 0.331 e. The van der Waals surface area contributed by atoms with Gasteiger partial charge in [0.2, 0.25) is 0 Å². The third kappa shape index (κ3) is 7.38. The molecular weight excluding hydrogens is 424 g/mol. The Balaban J connectivity index is 2.66. The molecular formula is C17H28Br2N2O2. The van der Waals surface area contributed by atoms with Gasteiger partial charge in [0, 0.05) is 35.5 Å². The molecule has 1 rings (SSSR count). The molecule has 0 aromatic carbocycles. The zero-order valence-corrected chi connectivity index (χ0v) is 17.2. The quantitative estimate of drug-likeness (QED) is 0.352. The van der Waals surface area contributed by atoms with Crippen molar-refractivity contribution in [3.05, 3.63) is 32.6 Å². The summed E-state index contributed by atoms with van der Waals surface area (Å²) in [5.41, 5.74) is 0.468. The highest BCUT2D eigenvalue weighted by Gasteiger charge is 2.08. The summed E-state index contributed by atoms with van der Waals surface area (Å²) < 4.78 is 3.16. The van der Waals surface area contributed by atoms with Gasteiger partial charge in [-0.3, -0.25) is 13.9 Å². The number of rotatable bonds is 12. The highest BCUT2D eigenvalue weighted by atomic mass is 79.9. The summed E-state index contributed by atoms with van der Waals surface area (Å²) in [5.74, 6) is 0. The first kappa shape index (κ1) is 20.7. The molecule has 0 amide bonds. The molecule has 132 valence electrons. The van der Waals surface area contributed by atoms with Crippen LogP contribution in [0.5, 0.6) is 0 Å². The van der Waals surface area contributed by atoms with Gasteiger partial charge in [0.1, 0.15) is 0 Å². The lowest BCUT2D eigenvalue weighted by molar-refractivity contribution is 0.490. The normalized spacial score (nSPS) is 11.1. The fourth-order valence-electron chi connectivity index (χ4n) is 2.64. The number of aromatic nitrogens is 2. The molecule has 0 spiro atoms. The Hall–Kier alpha value is -0.360. The van der Waals surface area contributed by atoms with E-state index in [1.165, 1.54) is 17.4 Å². The van der Waals surface area contributed by atoms with E-state index in [1.54, 1.807) is 10.6 Å². The van der Waals surface area contributed by atoms with Gasteiger partial charge in [-0.25, -0.2) is 4.79 Å². The summed E-state index contributed by atoms with van der Waals surface area (Å²) in [6.07, 6.45) is 8.65. The second kappa shape index (κ2) is 12.1. The third-order valence-electron chi connectivity index (χ3n) is 4.02. The minimum atomic E-state index is -0.163. The first-order valence-electron chi connectivity index (χ1n) is 8.55. The number of alkyl halides is 2. The summed E-state index contributed by atoms with van der Waals surface area (Å²) in [6.45, 7) is 3.09. The molecule has 4 nitrogen and oxygen atoms in total. The van der Waals surface area contributed by atoms with E-state index in [0.29, 0.717) is 13.1 Å². The Morgan fingerprint density at radius 2 is 1.26 bits per heavy atom. The first-order chi connectivity index (χ1) is 11.1. The van der Waals surface area contributed by atoms with Crippen molar-refractivity contribution in [1.82, 2.24) is 9.13 Å². The van der Waals surface area contributed by atoms with Crippen molar-refractivity contribution in [2.75, 3.05) is 10.7 Å². The molecule has 6 heteroatoms. The average Bonchev–Trinajstić information content (AvgIpc) is 2.52. The molecule has 1 aromatic rings. The Morgan fingerprint density at radius 3 is 1.78 bits per heavy atom. The van der Waals surface area contributed by atoms with Gasteiger partial charge in [-0.05, 0) is 32.6 Å². The topological polar surface area (TPSA) is 44.0 Å². The standard InChI is InChI=1S/C17H28Br2N2O2/c1-15-14-16(22)21(13-9-5-3-7-11-19)17(23)20(15)12-8-4-2-6-10-18/h14H,2-13H2,1H3. The molecule has 0 bridgehead atoms. The SMILES string of the molecule is Cc1cc(=O)n(CCCCCCBr)c(=O)n1CCCCCCBr. The van der Waals surface area contributed by atoms with Crippen LogP contribution in [0.25, 0.3) is 0 Å². The molecule has 23 heavy (non-hydrogen) atoms. The highest BCUT2D eigenvalue weighted by molar-refractivity contribution is 9.09. The fourth-order valence-corrected chi connectivity index (χ4v) is 3.43. The van der Waals surface area contributed by atoms with Crippen molar-refractivity contribution in [3.8, 4) is 0 Å². The predicted molar refractivity (Wildman–Crippen MR) is 104 cm³/mol. The summed E-state index contributed by atoms with van der Waals surface area (Å²) in [6, 6.07) is 1.60.